The van der Waals surface area contributed by atoms with Gasteiger partial charge in [-0.05, 0) is 17.7 Å². The maximum atomic E-state index is 13.4. The van der Waals surface area contributed by atoms with Crippen LogP contribution in [0.4, 0.5) is 18.9 Å². The first-order chi connectivity index (χ1) is 12.3. The van der Waals surface area contributed by atoms with Crippen LogP contribution in [0.1, 0.15) is 17.5 Å². The molecule has 10 heteroatoms. The predicted octanol–water partition coefficient (Wildman–Crippen LogP) is 1.82. The molecule has 142 valence electrons. The predicted molar refractivity (Wildman–Crippen MR) is 85.2 cm³/mol. The lowest BCUT2D eigenvalue weighted by molar-refractivity contribution is -0.497. The Morgan fingerprint density at radius 1 is 1.35 bits per heavy atom. The van der Waals surface area contributed by atoms with Gasteiger partial charge in [-0.15, -0.1) is 0 Å². The van der Waals surface area contributed by atoms with Gasteiger partial charge in [0.2, 0.25) is 11.9 Å². The summed E-state index contributed by atoms with van der Waals surface area (Å²) in [5, 5.41) is 13.0. The van der Waals surface area contributed by atoms with Crippen molar-refractivity contribution < 1.29 is 27.6 Å². The van der Waals surface area contributed by atoms with Gasteiger partial charge in [-0.2, -0.15) is 13.2 Å². The highest BCUT2D eigenvalue weighted by Gasteiger charge is 2.53. The number of hydrogen-bond donors (Lipinski definition) is 1. The zero-order valence-corrected chi connectivity index (χ0v) is 13.8. The number of nitrogens with one attached hydrogen (secondary N) is 1. The van der Waals surface area contributed by atoms with E-state index in [2.05, 4.69) is 5.32 Å². The quantitative estimate of drug-likeness (QED) is 0.629. The Hall–Kier alpha value is -2.36. The molecule has 26 heavy (non-hydrogen) atoms. The SMILES string of the molecule is O=C(NCc1ccc(N2CCOCC2)cc1C(F)(F)F)[C@@H]1C[C@@H]1[N+](=O)[O-]. The zero-order valence-electron chi connectivity index (χ0n) is 13.8. The van der Waals surface area contributed by atoms with Crippen molar-refractivity contribution in [3.8, 4) is 0 Å². The van der Waals surface area contributed by atoms with Crippen LogP contribution in [-0.2, 0) is 22.3 Å². The molecule has 1 aromatic carbocycles. The highest BCUT2D eigenvalue weighted by atomic mass is 19.4. The van der Waals surface area contributed by atoms with E-state index in [1.807, 2.05) is 4.90 Å². The Bertz CT molecular complexity index is 704. The molecule has 1 saturated carbocycles. The Kier molecular flexibility index (Phi) is 5.03. The van der Waals surface area contributed by atoms with Crippen LogP contribution in [0.3, 0.4) is 0 Å². The number of nitrogens with zero attached hydrogens (tertiary/aromatic N) is 2. The second-order valence-electron chi connectivity index (χ2n) is 6.35. The summed E-state index contributed by atoms with van der Waals surface area (Å²) in [6, 6.07) is 3.06. The van der Waals surface area contributed by atoms with Crippen LogP contribution in [0.5, 0.6) is 0 Å². The summed E-state index contributed by atoms with van der Waals surface area (Å²) < 4.78 is 45.4. The van der Waals surface area contributed by atoms with Crippen molar-refractivity contribution >= 4 is 11.6 Å². The minimum atomic E-state index is -4.56. The van der Waals surface area contributed by atoms with E-state index in [0.717, 1.165) is 6.07 Å². The number of anilines is 1. The number of hydrogen-bond acceptors (Lipinski definition) is 5. The molecule has 0 radical (unpaired) electrons. The number of alkyl halides is 3. The fraction of sp³-hybridized carbons (Fsp3) is 0.562. The van der Waals surface area contributed by atoms with Crippen molar-refractivity contribution in [2.75, 3.05) is 31.2 Å². The lowest BCUT2D eigenvalue weighted by Gasteiger charge is -2.29. The van der Waals surface area contributed by atoms with Crippen LogP contribution in [0.25, 0.3) is 0 Å². The number of benzene rings is 1. The molecule has 1 saturated heterocycles. The molecular weight excluding hydrogens is 355 g/mol. The van der Waals surface area contributed by atoms with Crippen LogP contribution in [0.2, 0.25) is 0 Å². The maximum absolute atomic E-state index is 13.4. The van der Waals surface area contributed by atoms with Crippen molar-refractivity contribution in [1.29, 1.82) is 0 Å². The molecule has 0 unspecified atom stereocenters. The Morgan fingerprint density at radius 3 is 2.62 bits per heavy atom. The first-order valence-corrected chi connectivity index (χ1v) is 8.21. The largest absolute Gasteiger partial charge is 0.416 e. The third-order valence-electron chi connectivity index (χ3n) is 4.59. The molecule has 2 atom stereocenters. The minimum Gasteiger partial charge on any atom is -0.378 e. The van der Waals surface area contributed by atoms with Gasteiger partial charge in [0.25, 0.3) is 0 Å². The summed E-state index contributed by atoms with van der Waals surface area (Å²) in [5.41, 5.74) is -0.434. The number of halogens is 3. The number of ether oxygens (including phenoxy) is 1. The molecule has 1 heterocycles. The van der Waals surface area contributed by atoms with E-state index in [9.17, 15) is 28.1 Å². The average Bonchev–Trinajstić information content (AvgIpc) is 3.40. The van der Waals surface area contributed by atoms with E-state index >= 15 is 0 Å². The monoisotopic (exact) mass is 373 g/mol. The van der Waals surface area contributed by atoms with Gasteiger partial charge >= 0.3 is 6.18 Å². The van der Waals surface area contributed by atoms with Crippen LogP contribution in [0, 0.1) is 16.0 Å². The molecule has 0 aromatic heterocycles. The van der Waals surface area contributed by atoms with Crippen molar-refractivity contribution in [1.82, 2.24) is 5.32 Å². The molecule has 0 spiro atoms. The summed E-state index contributed by atoms with van der Waals surface area (Å²) in [7, 11) is 0. The molecule has 1 N–H and O–H groups in total. The Labute approximate surface area is 147 Å². The third-order valence-corrected chi connectivity index (χ3v) is 4.59. The summed E-state index contributed by atoms with van der Waals surface area (Å²) in [5.74, 6) is -1.34. The van der Waals surface area contributed by atoms with E-state index < -0.39 is 34.5 Å². The van der Waals surface area contributed by atoms with Gasteiger partial charge < -0.3 is 15.0 Å². The number of rotatable bonds is 5. The van der Waals surface area contributed by atoms with Crippen LogP contribution in [0.15, 0.2) is 18.2 Å². The number of carbonyl (C=O) groups is 1. The maximum Gasteiger partial charge on any atom is 0.416 e. The van der Waals surface area contributed by atoms with Gasteiger partial charge in [0.15, 0.2) is 0 Å². The minimum absolute atomic E-state index is 0.0684. The normalized spacial score (nSPS) is 22.8. The smallest absolute Gasteiger partial charge is 0.378 e. The molecule has 2 aliphatic rings. The van der Waals surface area contributed by atoms with Gasteiger partial charge in [-0.25, -0.2) is 0 Å². The lowest BCUT2D eigenvalue weighted by Crippen LogP contribution is -2.36. The van der Waals surface area contributed by atoms with E-state index in [4.69, 9.17) is 4.74 Å². The summed E-state index contributed by atoms with van der Waals surface area (Å²) in [4.78, 5) is 23.7. The van der Waals surface area contributed by atoms with Crippen LogP contribution in [-0.4, -0.2) is 43.2 Å². The fourth-order valence-corrected chi connectivity index (χ4v) is 3.01. The molecule has 2 fully saturated rings. The molecule has 7 nitrogen and oxygen atoms in total. The van der Waals surface area contributed by atoms with E-state index in [1.165, 1.54) is 6.07 Å². The number of nitro groups is 1. The molecule has 1 amide bonds. The van der Waals surface area contributed by atoms with Gasteiger partial charge in [0, 0.05) is 36.7 Å². The van der Waals surface area contributed by atoms with Crippen molar-refractivity contribution in [3.63, 3.8) is 0 Å². The molecular formula is C16H18F3N3O4. The number of carbonyl (C=O) groups excluding carboxylic acids is 1. The lowest BCUT2D eigenvalue weighted by atomic mass is 10.0. The molecule has 3 rings (SSSR count). The first kappa shape index (κ1) is 18.4. The standard InChI is InChI=1S/C16H18F3N3O4/c17-16(18,19)13-7-11(21-3-5-26-6-4-21)2-1-10(13)9-20-15(23)12-8-14(12)22(24)25/h1-2,7,12,14H,3-6,8-9H2,(H,20,23)/t12-,14+/m1/s1. The first-order valence-electron chi connectivity index (χ1n) is 8.21. The van der Waals surface area contributed by atoms with E-state index in [-0.39, 0.29) is 18.5 Å². The molecule has 1 aromatic rings. The van der Waals surface area contributed by atoms with Crippen molar-refractivity contribution in [3.05, 3.63) is 39.4 Å². The summed E-state index contributed by atoms with van der Waals surface area (Å²) >= 11 is 0. The molecule has 1 aliphatic carbocycles. The van der Waals surface area contributed by atoms with Crippen molar-refractivity contribution in [2.24, 2.45) is 5.92 Å². The number of morpholine rings is 1. The van der Waals surface area contributed by atoms with Gasteiger partial charge in [0.05, 0.1) is 18.8 Å². The fourth-order valence-electron chi connectivity index (χ4n) is 3.01. The summed E-state index contributed by atoms with van der Waals surface area (Å²) in [6.45, 7) is 1.61. The molecule has 0 bridgehead atoms. The third kappa shape index (κ3) is 4.06. The zero-order chi connectivity index (χ0) is 18.9. The summed E-state index contributed by atoms with van der Waals surface area (Å²) in [6.07, 6.45) is -4.44. The second kappa shape index (κ2) is 7.10. The highest BCUT2D eigenvalue weighted by Crippen LogP contribution is 2.36. The Morgan fingerprint density at radius 2 is 2.04 bits per heavy atom. The second-order valence-corrected chi connectivity index (χ2v) is 6.35. The van der Waals surface area contributed by atoms with Crippen LogP contribution >= 0.6 is 0 Å². The average molecular weight is 373 g/mol. The molecule has 1 aliphatic heterocycles. The topological polar surface area (TPSA) is 84.7 Å². The van der Waals surface area contributed by atoms with Crippen molar-refractivity contribution in [2.45, 2.75) is 25.2 Å². The van der Waals surface area contributed by atoms with Gasteiger partial charge in [-0.3, -0.25) is 14.9 Å². The van der Waals surface area contributed by atoms with Crippen LogP contribution < -0.4 is 10.2 Å². The Balaban J connectivity index is 1.72. The van der Waals surface area contributed by atoms with E-state index in [1.54, 1.807) is 6.07 Å². The van der Waals surface area contributed by atoms with E-state index in [0.29, 0.717) is 32.0 Å². The van der Waals surface area contributed by atoms with Gasteiger partial charge in [-0.1, -0.05) is 6.07 Å². The highest BCUT2D eigenvalue weighted by molar-refractivity contribution is 5.82. The number of amides is 1. The van der Waals surface area contributed by atoms with Gasteiger partial charge in [0.1, 0.15) is 5.92 Å².